The largest absolute Gasteiger partial charge is 0.444 e. The molecule has 0 radical (unpaired) electrons. The van der Waals surface area contributed by atoms with Crippen molar-refractivity contribution < 1.29 is 22.7 Å². The molecule has 8 heteroatoms. The van der Waals surface area contributed by atoms with Crippen LogP contribution in [0.5, 0.6) is 0 Å². The van der Waals surface area contributed by atoms with Crippen LogP contribution in [-0.4, -0.2) is 11.7 Å². The molecule has 2 rings (SSSR count). The Morgan fingerprint density at radius 2 is 1.50 bits per heavy atom. The molecule has 28 heavy (non-hydrogen) atoms. The molecule has 0 aliphatic heterocycles. The highest BCUT2D eigenvalue weighted by Crippen LogP contribution is 2.42. The Balaban J connectivity index is 2.51. The van der Waals surface area contributed by atoms with Gasteiger partial charge in [0.05, 0.1) is 11.3 Å². The predicted molar refractivity (Wildman–Crippen MR) is 112 cm³/mol. The molecule has 2 aromatic carbocycles. The average Bonchev–Trinajstić information content (AvgIpc) is 2.50. The zero-order chi connectivity index (χ0) is 21.4. The van der Waals surface area contributed by atoms with Gasteiger partial charge in [0.2, 0.25) is 0 Å². The van der Waals surface area contributed by atoms with Crippen molar-refractivity contribution in [2.24, 2.45) is 0 Å². The van der Waals surface area contributed by atoms with E-state index in [1.54, 1.807) is 46.8 Å². The lowest BCUT2D eigenvalue weighted by atomic mass is 9.94. The van der Waals surface area contributed by atoms with Crippen LogP contribution >= 0.6 is 31.9 Å². The second-order valence-electron chi connectivity index (χ2n) is 7.42. The molecule has 0 saturated heterocycles. The third kappa shape index (κ3) is 5.50. The first-order valence-corrected chi connectivity index (χ1v) is 9.95. The highest BCUT2D eigenvalue weighted by Gasteiger charge is 2.34. The fourth-order valence-corrected chi connectivity index (χ4v) is 3.41. The van der Waals surface area contributed by atoms with Crippen molar-refractivity contribution in [2.75, 3.05) is 5.32 Å². The maximum absolute atomic E-state index is 13.6. The molecule has 0 atom stereocenters. The normalized spacial score (nSPS) is 12.1. The van der Waals surface area contributed by atoms with Crippen molar-refractivity contribution in [3.63, 3.8) is 0 Å². The van der Waals surface area contributed by atoms with Crippen LogP contribution in [0.3, 0.4) is 0 Å². The quantitative estimate of drug-likeness (QED) is 0.436. The number of benzene rings is 2. The van der Waals surface area contributed by atoms with Crippen LogP contribution < -0.4 is 5.32 Å². The van der Waals surface area contributed by atoms with Gasteiger partial charge in [-0.15, -0.1) is 0 Å². The van der Waals surface area contributed by atoms with Gasteiger partial charge in [-0.1, -0.05) is 15.9 Å². The number of rotatable bonds is 2. The second kappa shape index (κ2) is 8.06. The molecular formula is C20H20Br2F3NO2. The van der Waals surface area contributed by atoms with Gasteiger partial charge in [-0.2, -0.15) is 13.2 Å². The molecule has 0 aliphatic carbocycles. The molecule has 0 aliphatic rings. The summed E-state index contributed by atoms with van der Waals surface area (Å²) in [5.74, 6) is 0. The number of carbonyl (C=O) groups excluding carboxylic acids is 1. The van der Waals surface area contributed by atoms with Gasteiger partial charge < -0.3 is 4.74 Å². The highest BCUT2D eigenvalue weighted by atomic mass is 79.9. The number of hydrogen-bond acceptors (Lipinski definition) is 2. The summed E-state index contributed by atoms with van der Waals surface area (Å²) in [5.41, 5.74) is 0.584. The fourth-order valence-electron chi connectivity index (χ4n) is 2.62. The van der Waals surface area contributed by atoms with Gasteiger partial charge in [0.15, 0.2) is 0 Å². The first-order chi connectivity index (χ1) is 12.7. The Labute approximate surface area is 178 Å². The summed E-state index contributed by atoms with van der Waals surface area (Å²) in [6.45, 7) is 8.52. The lowest BCUT2D eigenvalue weighted by Gasteiger charge is -2.21. The Bertz CT molecular complexity index is 919. The Kier molecular flexibility index (Phi) is 6.55. The SMILES string of the molecule is Cc1cc(C(F)(F)F)c(-c2cc(Br)c(NC(=O)OC(C)(C)C)cc2C)cc1Br. The van der Waals surface area contributed by atoms with Crippen LogP contribution in [0.25, 0.3) is 11.1 Å². The second-order valence-corrected chi connectivity index (χ2v) is 9.13. The molecule has 0 heterocycles. The minimum atomic E-state index is -4.49. The monoisotopic (exact) mass is 521 g/mol. The van der Waals surface area contributed by atoms with Crippen LogP contribution in [0.15, 0.2) is 33.2 Å². The van der Waals surface area contributed by atoms with Gasteiger partial charge in [-0.25, -0.2) is 4.79 Å². The van der Waals surface area contributed by atoms with Crippen molar-refractivity contribution in [2.45, 2.75) is 46.4 Å². The van der Waals surface area contributed by atoms with Gasteiger partial charge >= 0.3 is 12.3 Å². The van der Waals surface area contributed by atoms with E-state index in [1.807, 2.05) is 0 Å². The minimum absolute atomic E-state index is 0.0620. The van der Waals surface area contributed by atoms with E-state index < -0.39 is 23.4 Å². The predicted octanol–water partition coefficient (Wildman–Crippen LogP) is 7.86. The zero-order valence-corrected chi connectivity index (χ0v) is 19.2. The van der Waals surface area contributed by atoms with Gasteiger partial charge in [0, 0.05) is 8.95 Å². The van der Waals surface area contributed by atoms with E-state index in [0.29, 0.717) is 31.3 Å². The van der Waals surface area contributed by atoms with E-state index in [9.17, 15) is 18.0 Å². The third-order valence-corrected chi connectivity index (χ3v) is 5.35. The van der Waals surface area contributed by atoms with E-state index >= 15 is 0 Å². The Morgan fingerprint density at radius 3 is 2.04 bits per heavy atom. The summed E-state index contributed by atoms with van der Waals surface area (Å²) < 4.78 is 47.0. The molecule has 0 unspecified atom stereocenters. The number of carbonyl (C=O) groups is 1. The maximum Gasteiger partial charge on any atom is 0.417 e. The summed E-state index contributed by atoms with van der Waals surface area (Å²) >= 11 is 6.64. The number of anilines is 1. The molecule has 0 aromatic heterocycles. The van der Waals surface area contributed by atoms with Crippen LogP contribution in [0, 0.1) is 13.8 Å². The first kappa shape index (κ1) is 22.7. The molecule has 2 aromatic rings. The standard InChI is InChI=1S/C20H20Br2F3NO2/c1-10-7-17(26-18(27)28-19(3,4)5)16(22)8-12(10)13-9-15(21)11(2)6-14(13)20(23,24)25/h6-9H,1-5H3,(H,26,27). The molecule has 0 saturated carbocycles. The number of amides is 1. The van der Waals surface area contributed by atoms with Crippen LogP contribution in [0.1, 0.15) is 37.5 Å². The van der Waals surface area contributed by atoms with Crippen molar-refractivity contribution in [1.29, 1.82) is 0 Å². The zero-order valence-electron chi connectivity index (χ0n) is 16.0. The van der Waals surface area contributed by atoms with E-state index in [0.717, 1.165) is 6.07 Å². The van der Waals surface area contributed by atoms with Crippen molar-refractivity contribution >= 4 is 43.6 Å². The molecular weight excluding hydrogens is 503 g/mol. The topological polar surface area (TPSA) is 38.3 Å². The molecule has 1 N–H and O–H groups in total. The van der Waals surface area contributed by atoms with Crippen molar-refractivity contribution in [1.82, 2.24) is 0 Å². The fraction of sp³-hybridized carbons (Fsp3) is 0.350. The maximum atomic E-state index is 13.6. The van der Waals surface area contributed by atoms with E-state index in [4.69, 9.17) is 4.74 Å². The molecule has 3 nitrogen and oxygen atoms in total. The van der Waals surface area contributed by atoms with E-state index in [2.05, 4.69) is 37.2 Å². The van der Waals surface area contributed by atoms with Gasteiger partial charge in [-0.05, 0) is 97.1 Å². The highest BCUT2D eigenvalue weighted by molar-refractivity contribution is 9.11. The third-order valence-electron chi connectivity index (χ3n) is 3.84. The number of hydrogen-bond donors (Lipinski definition) is 1. The lowest BCUT2D eigenvalue weighted by molar-refractivity contribution is -0.137. The summed E-state index contributed by atoms with van der Waals surface area (Å²) in [6.07, 6.45) is -5.14. The molecule has 0 bridgehead atoms. The average molecular weight is 523 g/mol. The minimum Gasteiger partial charge on any atom is -0.444 e. The van der Waals surface area contributed by atoms with Gasteiger partial charge in [0.1, 0.15) is 5.60 Å². The summed E-state index contributed by atoms with van der Waals surface area (Å²) in [5, 5.41) is 2.61. The molecule has 0 fully saturated rings. The number of aryl methyl sites for hydroxylation is 2. The van der Waals surface area contributed by atoms with Gasteiger partial charge in [0.25, 0.3) is 0 Å². The Hall–Kier alpha value is -1.54. The lowest BCUT2D eigenvalue weighted by Crippen LogP contribution is -2.27. The summed E-state index contributed by atoms with van der Waals surface area (Å²) in [6, 6.07) is 5.76. The number of ether oxygens (including phenoxy) is 1. The number of halogens is 5. The van der Waals surface area contributed by atoms with Gasteiger partial charge in [-0.3, -0.25) is 5.32 Å². The van der Waals surface area contributed by atoms with Crippen LogP contribution in [0.4, 0.5) is 23.7 Å². The number of nitrogens with one attached hydrogen (secondary N) is 1. The van der Waals surface area contributed by atoms with E-state index in [-0.39, 0.29) is 5.56 Å². The van der Waals surface area contributed by atoms with E-state index in [1.165, 1.54) is 6.07 Å². The summed E-state index contributed by atoms with van der Waals surface area (Å²) in [4.78, 5) is 12.0. The van der Waals surface area contributed by atoms with Crippen LogP contribution in [0.2, 0.25) is 0 Å². The first-order valence-electron chi connectivity index (χ1n) is 8.37. The summed E-state index contributed by atoms with van der Waals surface area (Å²) in [7, 11) is 0. The molecule has 152 valence electrons. The van der Waals surface area contributed by atoms with Crippen LogP contribution in [-0.2, 0) is 10.9 Å². The van der Waals surface area contributed by atoms with Crippen molar-refractivity contribution in [3.8, 4) is 11.1 Å². The molecule has 0 spiro atoms. The molecule has 1 amide bonds. The smallest absolute Gasteiger partial charge is 0.417 e. The van der Waals surface area contributed by atoms with Crippen molar-refractivity contribution in [3.05, 3.63) is 49.9 Å². The number of alkyl halides is 3. The Morgan fingerprint density at radius 1 is 0.929 bits per heavy atom.